The van der Waals surface area contributed by atoms with Crippen LogP contribution in [-0.2, 0) is 6.18 Å². The van der Waals surface area contributed by atoms with Gasteiger partial charge in [0.15, 0.2) is 11.4 Å². The van der Waals surface area contributed by atoms with Gasteiger partial charge in [-0.05, 0) is 12.1 Å². The minimum atomic E-state index is -4.94. The van der Waals surface area contributed by atoms with E-state index < -0.39 is 23.5 Å². The Morgan fingerprint density at radius 3 is 2.38 bits per heavy atom. The monoisotopic (exact) mass is 336 g/mol. The van der Waals surface area contributed by atoms with Gasteiger partial charge in [-0.3, -0.25) is 0 Å². The van der Waals surface area contributed by atoms with E-state index in [9.17, 15) is 18.0 Å². The van der Waals surface area contributed by atoms with E-state index in [4.69, 9.17) is 28.3 Å². The maximum atomic E-state index is 12.8. The number of halogens is 5. The van der Waals surface area contributed by atoms with E-state index in [0.29, 0.717) is 0 Å². The summed E-state index contributed by atoms with van der Waals surface area (Å²) in [6.07, 6.45) is -4.01. The number of hydrogen-bond donors (Lipinski definition) is 1. The number of nitrogens with zero attached hydrogens (tertiary/aromatic N) is 2. The van der Waals surface area contributed by atoms with Gasteiger partial charge >= 0.3 is 12.1 Å². The molecule has 0 aliphatic rings. The Balaban J connectivity index is 2.61. The molecule has 2 rings (SSSR count). The molecule has 0 radical (unpaired) electrons. The van der Waals surface area contributed by atoms with Crippen LogP contribution in [0.2, 0.25) is 10.0 Å². The first kappa shape index (κ1) is 15.5. The molecular formula is C12H5Cl2F3N2O2. The van der Waals surface area contributed by atoms with Crippen molar-refractivity contribution >= 4 is 29.2 Å². The van der Waals surface area contributed by atoms with Crippen molar-refractivity contribution in [2.75, 3.05) is 0 Å². The predicted octanol–water partition coefficient (Wildman–Crippen LogP) is 4.17. The average Bonchev–Trinajstić information content (AvgIpc) is 2.40. The molecule has 0 atom stereocenters. The molecule has 110 valence electrons. The van der Waals surface area contributed by atoms with Crippen molar-refractivity contribution in [1.29, 1.82) is 0 Å². The van der Waals surface area contributed by atoms with Crippen molar-refractivity contribution < 1.29 is 23.1 Å². The van der Waals surface area contributed by atoms with Crippen LogP contribution in [0, 0.1) is 0 Å². The zero-order chi connectivity index (χ0) is 15.8. The number of carboxylic acids is 1. The van der Waals surface area contributed by atoms with Crippen LogP contribution in [0.5, 0.6) is 0 Å². The highest BCUT2D eigenvalue weighted by molar-refractivity contribution is 6.42. The molecule has 1 heterocycles. The van der Waals surface area contributed by atoms with Crippen LogP contribution in [0.1, 0.15) is 16.2 Å². The molecule has 1 aromatic heterocycles. The summed E-state index contributed by atoms with van der Waals surface area (Å²) in [5.41, 5.74) is -2.66. The van der Waals surface area contributed by atoms with Gasteiger partial charge in [-0.15, -0.1) is 0 Å². The molecule has 0 bridgehead atoms. The molecule has 0 saturated carbocycles. The third kappa shape index (κ3) is 3.25. The third-order valence-electron chi connectivity index (χ3n) is 2.46. The van der Waals surface area contributed by atoms with Crippen LogP contribution in [0.4, 0.5) is 13.2 Å². The molecule has 0 aliphatic carbocycles. The van der Waals surface area contributed by atoms with Gasteiger partial charge < -0.3 is 5.11 Å². The maximum Gasteiger partial charge on any atom is 0.435 e. The van der Waals surface area contributed by atoms with Crippen LogP contribution in [0.3, 0.4) is 0 Å². The van der Waals surface area contributed by atoms with Crippen molar-refractivity contribution in [2.45, 2.75) is 6.18 Å². The van der Waals surface area contributed by atoms with Crippen LogP contribution >= 0.6 is 23.2 Å². The van der Waals surface area contributed by atoms with E-state index >= 15 is 0 Å². The summed E-state index contributed by atoms with van der Waals surface area (Å²) >= 11 is 11.5. The third-order valence-corrected chi connectivity index (χ3v) is 3.20. The van der Waals surface area contributed by atoms with Crippen LogP contribution in [0.15, 0.2) is 24.4 Å². The van der Waals surface area contributed by atoms with Gasteiger partial charge in [0.05, 0.1) is 21.9 Å². The second-order valence-corrected chi connectivity index (χ2v) is 4.70. The molecule has 21 heavy (non-hydrogen) atoms. The summed E-state index contributed by atoms with van der Waals surface area (Å²) < 4.78 is 38.5. The van der Waals surface area contributed by atoms with Crippen molar-refractivity contribution in [3.8, 4) is 11.3 Å². The fourth-order valence-corrected chi connectivity index (χ4v) is 1.84. The lowest BCUT2D eigenvalue weighted by atomic mass is 10.1. The number of carboxylic acid groups (broad SMARTS) is 1. The quantitative estimate of drug-likeness (QED) is 0.893. The van der Waals surface area contributed by atoms with E-state index in [0.717, 1.165) is 6.20 Å². The number of benzene rings is 1. The molecule has 0 spiro atoms. The standard InChI is InChI=1S/C12H5Cl2F3N2O2/c13-6-2-1-5(3-7(6)14)8-4-18-9(11(20)21)10(19-8)12(15,16)17/h1-4H,(H,20,21). The van der Waals surface area contributed by atoms with E-state index in [1.165, 1.54) is 18.2 Å². The molecule has 9 heteroatoms. The number of rotatable bonds is 2. The minimum absolute atomic E-state index is 0.131. The summed E-state index contributed by atoms with van der Waals surface area (Å²) in [4.78, 5) is 17.4. The van der Waals surface area contributed by atoms with E-state index in [1.54, 1.807) is 0 Å². The summed E-state index contributed by atoms with van der Waals surface area (Å²) in [5.74, 6) is -1.81. The SMILES string of the molecule is O=C(O)c1ncc(-c2ccc(Cl)c(Cl)c2)nc1C(F)(F)F. The Hall–Kier alpha value is -1.86. The van der Waals surface area contributed by atoms with Crippen molar-refractivity contribution in [3.05, 3.63) is 45.8 Å². The highest BCUT2D eigenvalue weighted by atomic mass is 35.5. The average molecular weight is 337 g/mol. The Bertz CT molecular complexity index is 720. The first-order chi connectivity index (χ1) is 9.70. The van der Waals surface area contributed by atoms with Gasteiger partial charge in [0.2, 0.25) is 0 Å². The number of alkyl halides is 3. The first-order valence-corrected chi connectivity index (χ1v) is 6.08. The number of carbonyl (C=O) groups is 1. The molecule has 0 unspecified atom stereocenters. The molecule has 4 nitrogen and oxygen atoms in total. The largest absolute Gasteiger partial charge is 0.476 e. The van der Waals surface area contributed by atoms with Crippen LogP contribution in [-0.4, -0.2) is 21.0 Å². The highest BCUT2D eigenvalue weighted by Gasteiger charge is 2.38. The lowest BCUT2D eigenvalue weighted by molar-refractivity contribution is -0.141. The van der Waals surface area contributed by atoms with Gasteiger partial charge in [0, 0.05) is 5.56 Å². The molecule has 0 saturated heterocycles. The van der Waals surface area contributed by atoms with Gasteiger partial charge in [-0.1, -0.05) is 29.3 Å². The fourth-order valence-electron chi connectivity index (χ4n) is 1.54. The molecule has 2 aromatic rings. The van der Waals surface area contributed by atoms with Gasteiger partial charge in [-0.2, -0.15) is 13.2 Å². The second-order valence-electron chi connectivity index (χ2n) is 3.88. The fraction of sp³-hybridized carbons (Fsp3) is 0.0833. The molecule has 1 N–H and O–H groups in total. The summed E-state index contributed by atoms with van der Waals surface area (Å²) in [7, 11) is 0. The first-order valence-electron chi connectivity index (χ1n) is 5.33. The lowest BCUT2D eigenvalue weighted by Gasteiger charge is -2.10. The number of aromatic carboxylic acids is 1. The van der Waals surface area contributed by atoms with Gasteiger partial charge in [0.25, 0.3) is 0 Å². The summed E-state index contributed by atoms with van der Waals surface area (Å²) in [6.45, 7) is 0. The zero-order valence-electron chi connectivity index (χ0n) is 9.95. The Morgan fingerprint density at radius 1 is 1.19 bits per heavy atom. The number of hydrogen-bond acceptors (Lipinski definition) is 3. The van der Waals surface area contributed by atoms with Gasteiger partial charge in [-0.25, -0.2) is 14.8 Å². The van der Waals surface area contributed by atoms with Crippen LogP contribution < -0.4 is 0 Å². The van der Waals surface area contributed by atoms with E-state index in [1.807, 2.05) is 0 Å². The molecular weight excluding hydrogens is 332 g/mol. The number of aromatic nitrogens is 2. The van der Waals surface area contributed by atoms with Crippen molar-refractivity contribution in [2.24, 2.45) is 0 Å². The second kappa shape index (κ2) is 5.50. The molecule has 0 aliphatic heterocycles. The smallest absolute Gasteiger partial charge is 0.435 e. The Labute approximate surface area is 126 Å². The Kier molecular flexibility index (Phi) is 4.06. The molecule has 0 amide bonds. The van der Waals surface area contributed by atoms with E-state index in [2.05, 4.69) is 9.97 Å². The summed E-state index contributed by atoms with van der Waals surface area (Å²) in [6, 6.07) is 4.10. The topological polar surface area (TPSA) is 63.1 Å². The van der Waals surface area contributed by atoms with Crippen LogP contribution in [0.25, 0.3) is 11.3 Å². The molecule has 1 aromatic carbocycles. The minimum Gasteiger partial charge on any atom is -0.476 e. The highest BCUT2D eigenvalue weighted by Crippen LogP contribution is 2.32. The van der Waals surface area contributed by atoms with Crippen molar-refractivity contribution in [3.63, 3.8) is 0 Å². The van der Waals surface area contributed by atoms with Crippen molar-refractivity contribution in [1.82, 2.24) is 9.97 Å². The van der Waals surface area contributed by atoms with Gasteiger partial charge in [0.1, 0.15) is 0 Å². The Morgan fingerprint density at radius 2 is 1.86 bits per heavy atom. The molecule has 0 fully saturated rings. The lowest BCUT2D eigenvalue weighted by Crippen LogP contribution is -2.17. The maximum absolute atomic E-state index is 12.8. The zero-order valence-corrected chi connectivity index (χ0v) is 11.5. The normalized spacial score (nSPS) is 11.5. The predicted molar refractivity (Wildman–Crippen MR) is 69.4 cm³/mol. The summed E-state index contributed by atoms with van der Waals surface area (Å²) in [5, 5.41) is 9.09. The van der Waals surface area contributed by atoms with E-state index in [-0.39, 0.29) is 21.3 Å².